The fraction of sp³-hybridized carbons (Fsp3) is 0.273. The van der Waals surface area contributed by atoms with E-state index in [1.54, 1.807) is 0 Å². The first-order chi connectivity index (χ1) is 6.81. The lowest BCUT2D eigenvalue weighted by Crippen LogP contribution is -1.94. The molecule has 0 fully saturated rings. The van der Waals surface area contributed by atoms with Crippen molar-refractivity contribution >= 4 is 17.2 Å². The number of hydrogen-bond acceptors (Lipinski definition) is 2. The van der Waals surface area contributed by atoms with E-state index >= 15 is 0 Å². The monoisotopic (exact) mass is 210 g/mol. The molecule has 2 nitrogen and oxygen atoms in total. The highest BCUT2D eigenvalue weighted by molar-refractivity contribution is 6.30. The van der Waals surface area contributed by atoms with Gasteiger partial charge in [0.1, 0.15) is 0 Å². The zero-order valence-electron chi connectivity index (χ0n) is 7.66. The fourth-order valence-corrected chi connectivity index (χ4v) is 1.67. The van der Waals surface area contributed by atoms with E-state index in [9.17, 15) is 0 Å². The standard InChI is InChI=1S/C11H11ClO2/c12-10-3-1-8(2-4-10)11-7-14-6-9(11)5-13/h1-4,13H,5-7H2. The average molecular weight is 211 g/mol. The van der Waals surface area contributed by atoms with E-state index in [0.717, 1.165) is 21.7 Å². The van der Waals surface area contributed by atoms with Crippen molar-refractivity contribution in [1.82, 2.24) is 0 Å². The lowest BCUT2D eigenvalue weighted by Gasteiger charge is -2.03. The first-order valence-corrected chi connectivity index (χ1v) is 4.84. The summed E-state index contributed by atoms with van der Waals surface area (Å²) in [5.74, 6) is 0. The molecule has 1 heterocycles. The van der Waals surface area contributed by atoms with E-state index < -0.39 is 0 Å². The Labute approximate surface area is 87.8 Å². The van der Waals surface area contributed by atoms with Gasteiger partial charge in [0.25, 0.3) is 0 Å². The van der Waals surface area contributed by atoms with Crippen LogP contribution in [0.15, 0.2) is 29.8 Å². The highest BCUT2D eigenvalue weighted by atomic mass is 35.5. The summed E-state index contributed by atoms with van der Waals surface area (Å²) in [6.07, 6.45) is 0. The smallest absolute Gasteiger partial charge is 0.0728 e. The molecule has 1 aliphatic rings. The second-order valence-electron chi connectivity index (χ2n) is 3.24. The van der Waals surface area contributed by atoms with Crippen molar-refractivity contribution in [3.63, 3.8) is 0 Å². The quantitative estimate of drug-likeness (QED) is 0.810. The van der Waals surface area contributed by atoms with Gasteiger partial charge in [0, 0.05) is 5.02 Å². The Balaban J connectivity index is 2.34. The number of aliphatic hydroxyl groups excluding tert-OH is 1. The Hall–Kier alpha value is -0.830. The lowest BCUT2D eigenvalue weighted by atomic mass is 10.0. The maximum atomic E-state index is 9.09. The van der Waals surface area contributed by atoms with Gasteiger partial charge in [-0.1, -0.05) is 23.7 Å². The first kappa shape index (κ1) is 9.71. The maximum absolute atomic E-state index is 9.09. The molecule has 0 aliphatic carbocycles. The van der Waals surface area contributed by atoms with Crippen LogP contribution in [0.5, 0.6) is 0 Å². The third-order valence-electron chi connectivity index (χ3n) is 2.33. The lowest BCUT2D eigenvalue weighted by molar-refractivity contribution is 0.201. The Bertz CT molecular complexity index is 354. The number of halogens is 1. The van der Waals surface area contributed by atoms with Crippen molar-refractivity contribution in [3.05, 3.63) is 40.4 Å². The van der Waals surface area contributed by atoms with E-state index in [2.05, 4.69) is 0 Å². The zero-order chi connectivity index (χ0) is 9.97. The zero-order valence-corrected chi connectivity index (χ0v) is 8.42. The van der Waals surface area contributed by atoms with Crippen LogP contribution in [0.1, 0.15) is 5.56 Å². The Kier molecular flexibility index (Phi) is 2.87. The van der Waals surface area contributed by atoms with Crippen LogP contribution < -0.4 is 0 Å². The highest BCUT2D eigenvalue weighted by Gasteiger charge is 2.15. The van der Waals surface area contributed by atoms with Crippen molar-refractivity contribution in [1.29, 1.82) is 0 Å². The number of aliphatic hydroxyl groups is 1. The number of benzene rings is 1. The predicted molar refractivity (Wildman–Crippen MR) is 56.3 cm³/mol. The van der Waals surface area contributed by atoms with Gasteiger partial charge in [-0.05, 0) is 28.8 Å². The molecule has 0 unspecified atom stereocenters. The second kappa shape index (κ2) is 4.13. The molecule has 3 heteroatoms. The van der Waals surface area contributed by atoms with Crippen LogP contribution >= 0.6 is 11.6 Å². The normalized spacial score (nSPS) is 16.4. The molecule has 1 N–H and O–H groups in total. The summed E-state index contributed by atoms with van der Waals surface area (Å²) in [6, 6.07) is 7.58. The number of hydrogen-bond donors (Lipinski definition) is 1. The SMILES string of the molecule is OCC1=C(c2ccc(Cl)cc2)COC1. The molecule has 1 aromatic carbocycles. The van der Waals surface area contributed by atoms with Crippen LogP contribution in [0, 0.1) is 0 Å². The minimum atomic E-state index is 0.0674. The molecule has 2 rings (SSSR count). The van der Waals surface area contributed by atoms with Gasteiger partial charge in [0.2, 0.25) is 0 Å². The summed E-state index contributed by atoms with van der Waals surface area (Å²) >= 11 is 5.79. The Morgan fingerprint density at radius 1 is 1.21 bits per heavy atom. The van der Waals surface area contributed by atoms with E-state index in [4.69, 9.17) is 21.4 Å². The fourth-order valence-electron chi connectivity index (χ4n) is 1.55. The molecule has 0 saturated carbocycles. The van der Waals surface area contributed by atoms with E-state index in [1.807, 2.05) is 24.3 Å². The summed E-state index contributed by atoms with van der Waals surface area (Å²) in [5.41, 5.74) is 3.13. The van der Waals surface area contributed by atoms with Crippen molar-refractivity contribution in [2.24, 2.45) is 0 Å². The molecular weight excluding hydrogens is 200 g/mol. The molecule has 0 spiro atoms. The summed E-state index contributed by atoms with van der Waals surface area (Å²) < 4.78 is 5.28. The Morgan fingerprint density at radius 2 is 1.93 bits per heavy atom. The van der Waals surface area contributed by atoms with Crippen molar-refractivity contribution < 1.29 is 9.84 Å². The largest absolute Gasteiger partial charge is 0.392 e. The van der Waals surface area contributed by atoms with Gasteiger partial charge in [-0.3, -0.25) is 0 Å². The van der Waals surface area contributed by atoms with Gasteiger partial charge in [0.15, 0.2) is 0 Å². The molecule has 14 heavy (non-hydrogen) atoms. The number of ether oxygens (including phenoxy) is 1. The van der Waals surface area contributed by atoms with Crippen molar-refractivity contribution in [2.45, 2.75) is 0 Å². The minimum absolute atomic E-state index is 0.0674. The minimum Gasteiger partial charge on any atom is -0.392 e. The third-order valence-corrected chi connectivity index (χ3v) is 2.58. The molecule has 0 radical (unpaired) electrons. The predicted octanol–water partition coefficient (Wildman–Crippen LogP) is 2.12. The second-order valence-corrected chi connectivity index (χ2v) is 3.68. The molecular formula is C11H11ClO2. The highest BCUT2D eigenvalue weighted by Crippen LogP contribution is 2.25. The van der Waals surface area contributed by atoms with E-state index in [-0.39, 0.29) is 6.61 Å². The molecule has 1 aromatic rings. The van der Waals surface area contributed by atoms with Crippen LogP contribution in [0.3, 0.4) is 0 Å². The maximum Gasteiger partial charge on any atom is 0.0728 e. The Morgan fingerprint density at radius 3 is 2.57 bits per heavy atom. The molecule has 0 aromatic heterocycles. The van der Waals surface area contributed by atoms with Gasteiger partial charge in [-0.2, -0.15) is 0 Å². The number of rotatable bonds is 2. The van der Waals surface area contributed by atoms with Crippen LogP contribution in [0.25, 0.3) is 5.57 Å². The van der Waals surface area contributed by atoms with Crippen LogP contribution in [0.4, 0.5) is 0 Å². The summed E-state index contributed by atoms with van der Waals surface area (Å²) in [4.78, 5) is 0. The molecule has 1 aliphatic heterocycles. The topological polar surface area (TPSA) is 29.5 Å². The van der Waals surface area contributed by atoms with Crippen LogP contribution in [-0.2, 0) is 4.74 Å². The van der Waals surface area contributed by atoms with Gasteiger partial charge in [-0.25, -0.2) is 0 Å². The summed E-state index contributed by atoms with van der Waals surface area (Å²) in [6.45, 7) is 1.18. The first-order valence-electron chi connectivity index (χ1n) is 4.46. The third kappa shape index (κ3) is 1.82. The van der Waals surface area contributed by atoms with E-state index in [1.165, 1.54) is 0 Å². The molecule has 0 amide bonds. The summed E-state index contributed by atoms with van der Waals surface area (Å²) in [7, 11) is 0. The van der Waals surface area contributed by atoms with Crippen LogP contribution in [0.2, 0.25) is 5.02 Å². The van der Waals surface area contributed by atoms with Crippen molar-refractivity contribution in [3.8, 4) is 0 Å². The van der Waals surface area contributed by atoms with Gasteiger partial charge in [-0.15, -0.1) is 0 Å². The molecule has 0 bridgehead atoms. The molecule has 0 saturated heterocycles. The average Bonchev–Trinajstić information content (AvgIpc) is 2.67. The molecule has 74 valence electrons. The van der Waals surface area contributed by atoms with E-state index in [0.29, 0.717) is 13.2 Å². The molecule has 0 atom stereocenters. The van der Waals surface area contributed by atoms with Gasteiger partial charge in [0.05, 0.1) is 19.8 Å². The summed E-state index contributed by atoms with van der Waals surface area (Å²) in [5, 5.41) is 9.81. The van der Waals surface area contributed by atoms with Crippen molar-refractivity contribution in [2.75, 3.05) is 19.8 Å². The van der Waals surface area contributed by atoms with Crippen LogP contribution in [-0.4, -0.2) is 24.9 Å². The van der Waals surface area contributed by atoms with Gasteiger partial charge < -0.3 is 9.84 Å². The van der Waals surface area contributed by atoms with Gasteiger partial charge >= 0.3 is 0 Å².